The Morgan fingerprint density at radius 1 is 1.61 bits per heavy atom. The molecule has 1 atom stereocenters. The molecular weight excluding hydrogens is 234 g/mol. The normalized spacial score (nSPS) is 23.7. The number of hydrogen-bond acceptors (Lipinski definition) is 5. The molecule has 1 aliphatic heterocycles. The summed E-state index contributed by atoms with van der Waals surface area (Å²) in [6.45, 7) is 11.5. The van der Waals surface area contributed by atoms with E-state index in [4.69, 9.17) is 9.47 Å². The molecule has 1 N–H and O–H groups in total. The van der Waals surface area contributed by atoms with Crippen LogP contribution < -0.4 is 0 Å². The first kappa shape index (κ1) is 15.1. The highest BCUT2D eigenvalue weighted by atomic mass is 16.5. The Hall–Kier alpha value is -0.910. The second kappa shape index (κ2) is 6.31. The van der Waals surface area contributed by atoms with Crippen LogP contribution in [-0.2, 0) is 14.3 Å². The Labute approximate surface area is 108 Å². The zero-order chi connectivity index (χ0) is 13.8. The first-order valence-electron chi connectivity index (χ1n) is 6.24. The molecule has 5 heteroatoms. The number of rotatable bonds is 5. The minimum Gasteiger partial charge on any atom is -0.463 e. The zero-order valence-corrected chi connectivity index (χ0v) is 11.4. The van der Waals surface area contributed by atoms with E-state index in [2.05, 4.69) is 11.5 Å². The number of carbonyl (C=O) groups is 1. The standard InChI is InChI=1S/C13H23NO4/c1-5-17-12(16)10(2)6-14-7-11(8-15)18-13(3,4)9-14/h11,15H,2,5-9H2,1,3-4H3. The molecule has 1 aliphatic rings. The molecule has 5 nitrogen and oxygen atoms in total. The van der Waals surface area contributed by atoms with Crippen LogP contribution in [0.1, 0.15) is 20.8 Å². The van der Waals surface area contributed by atoms with E-state index in [1.165, 1.54) is 0 Å². The summed E-state index contributed by atoms with van der Waals surface area (Å²) in [6.07, 6.45) is -0.219. The molecule has 1 saturated heterocycles. The van der Waals surface area contributed by atoms with E-state index in [1.54, 1.807) is 6.92 Å². The predicted molar refractivity (Wildman–Crippen MR) is 68.3 cm³/mol. The van der Waals surface area contributed by atoms with Crippen LogP contribution in [0.2, 0.25) is 0 Å². The molecule has 1 rings (SSSR count). The fourth-order valence-electron chi connectivity index (χ4n) is 2.20. The summed E-state index contributed by atoms with van der Waals surface area (Å²) in [4.78, 5) is 13.6. The minimum absolute atomic E-state index is 0.0220. The van der Waals surface area contributed by atoms with Crippen LogP contribution in [0, 0.1) is 0 Å². The molecule has 18 heavy (non-hydrogen) atoms. The van der Waals surface area contributed by atoms with Gasteiger partial charge in [-0.05, 0) is 20.8 Å². The molecular formula is C13H23NO4. The molecule has 104 valence electrons. The van der Waals surface area contributed by atoms with E-state index in [0.29, 0.717) is 31.8 Å². The number of aliphatic hydroxyl groups is 1. The van der Waals surface area contributed by atoms with Gasteiger partial charge in [-0.15, -0.1) is 0 Å². The van der Waals surface area contributed by atoms with E-state index >= 15 is 0 Å². The van der Waals surface area contributed by atoms with Crippen LogP contribution in [-0.4, -0.2) is 60.5 Å². The Bertz CT molecular complexity index is 314. The molecule has 0 aromatic heterocycles. The van der Waals surface area contributed by atoms with E-state index < -0.39 is 0 Å². The Morgan fingerprint density at radius 2 is 2.28 bits per heavy atom. The third kappa shape index (κ3) is 4.40. The monoisotopic (exact) mass is 257 g/mol. The average molecular weight is 257 g/mol. The summed E-state index contributed by atoms with van der Waals surface area (Å²) in [5.41, 5.74) is 0.104. The molecule has 0 aromatic rings. The molecule has 0 radical (unpaired) electrons. The number of ether oxygens (including phenoxy) is 2. The van der Waals surface area contributed by atoms with E-state index in [-0.39, 0.29) is 24.3 Å². The van der Waals surface area contributed by atoms with Gasteiger partial charge in [-0.2, -0.15) is 0 Å². The molecule has 1 unspecified atom stereocenters. The summed E-state index contributed by atoms with van der Waals surface area (Å²) < 4.78 is 10.6. The SMILES string of the molecule is C=C(CN1CC(CO)OC(C)(C)C1)C(=O)OCC. The van der Waals surface area contributed by atoms with Crippen LogP contribution in [0.4, 0.5) is 0 Å². The second-order valence-electron chi connectivity index (χ2n) is 5.18. The third-order valence-corrected chi connectivity index (χ3v) is 2.73. The van der Waals surface area contributed by atoms with Gasteiger partial charge in [0.25, 0.3) is 0 Å². The fourth-order valence-corrected chi connectivity index (χ4v) is 2.20. The fraction of sp³-hybridized carbons (Fsp3) is 0.769. The molecule has 0 saturated carbocycles. The van der Waals surface area contributed by atoms with Crippen LogP contribution in [0.15, 0.2) is 12.2 Å². The van der Waals surface area contributed by atoms with Crippen LogP contribution in [0.5, 0.6) is 0 Å². The van der Waals surface area contributed by atoms with Crippen molar-refractivity contribution in [2.75, 3.05) is 32.8 Å². The highest BCUT2D eigenvalue weighted by Crippen LogP contribution is 2.21. The number of nitrogens with zero attached hydrogens (tertiary/aromatic N) is 1. The van der Waals surface area contributed by atoms with Crippen molar-refractivity contribution in [3.05, 3.63) is 12.2 Å². The molecule has 0 spiro atoms. The topological polar surface area (TPSA) is 59.0 Å². The van der Waals surface area contributed by atoms with Gasteiger partial charge in [0, 0.05) is 25.2 Å². The van der Waals surface area contributed by atoms with Crippen LogP contribution in [0.25, 0.3) is 0 Å². The largest absolute Gasteiger partial charge is 0.463 e. The number of morpholine rings is 1. The average Bonchev–Trinajstić information content (AvgIpc) is 2.27. The van der Waals surface area contributed by atoms with E-state index in [9.17, 15) is 9.90 Å². The summed E-state index contributed by atoms with van der Waals surface area (Å²) in [6, 6.07) is 0. The molecule has 1 fully saturated rings. The van der Waals surface area contributed by atoms with Crippen molar-refractivity contribution in [1.82, 2.24) is 4.90 Å². The highest BCUT2D eigenvalue weighted by molar-refractivity contribution is 5.88. The van der Waals surface area contributed by atoms with Gasteiger partial charge >= 0.3 is 5.97 Å². The molecule has 0 amide bonds. The van der Waals surface area contributed by atoms with Gasteiger partial charge in [0.15, 0.2) is 0 Å². The Morgan fingerprint density at radius 3 is 2.83 bits per heavy atom. The third-order valence-electron chi connectivity index (χ3n) is 2.73. The number of hydrogen-bond donors (Lipinski definition) is 1. The molecule has 1 heterocycles. The lowest BCUT2D eigenvalue weighted by Gasteiger charge is -2.42. The van der Waals surface area contributed by atoms with Crippen molar-refractivity contribution in [2.24, 2.45) is 0 Å². The van der Waals surface area contributed by atoms with Gasteiger partial charge in [0.1, 0.15) is 0 Å². The van der Waals surface area contributed by atoms with E-state index in [1.807, 2.05) is 13.8 Å². The van der Waals surface area contributed by atoms with Crippen molar-refractivity contribution >= 4 is 5.97 Å². The number of esters is 1. The van der Waals surface area contributed by atoms with Gasteiger partial charge < -0.3 is 14.6 Å². The van der Waals surface area contributed by atoms with Crippen molar-refractivity contribution in [1.29, 1.82) is 0 Å². The lowest BCUT2D eigenvalue weighted by Crippen LogP contribution is -2.54. The van der Waals surface area contributed by atoms with Crippen molar-refractivity contribution in [2.45, 2.75) is 32.5 Å². The summed E-state index contributed by atoms with van der Waals surface area (Å²) in [7, 11) is 0. The Balaban J connectivity index is 2.55. The number of aliphatic hydroxyl groups excluding tert-OH is 1. The maximum Gasteiger partial charge on any atom is 0.334 e. The lowest BCUT2D eigenvalue weighted by molar-refractivity contribution is -0.150. The second-order valence-corrected chi connectivity index (χ2v) is 5.18. The van der Waals surface area contributed by atoms with Gasteiger partial charge in [0.2, 0.25) is 0 Å². The first-order valence-corrected chi connectivity index (χ1v) is 6.24. The summed E-state index contributed by atoms with van der Waals surface area (Å²) >= 11 is 0. The van der Waals surface area contributed by atoms with Crippen molar-refractivity contribution < 1.29 is 19.4 Å². The van der Waals surface area contributed by atoms with Crippen molar-refractivity contribution in [3.63, 3.8) is 0 Å². The van der Waals surface area contributed by atoms with Crippen LogP contribution in [0.3, 0.4) is 0 Å². The van der Waals surface area contributed by atoms with Crippen LogP contribution >= 0.6 is 0 Å². The van der Waals surface area contributed by atoms with Gasteiger partial charge in [-0.25, -0.2) is 4.79 Å². The first-order chi connectivity index (χ1) is 8.38. The minimum atomic E-state index is -0.359. The zero-order valence-electron chi connectivity index (χ0n) is 11.4. The Kier molecular flexibility index (Phi) is 5.31. The van der Waals surface area contributed by atoms with Gasteiger partial charge in [0.05, 0.1) is 24.9 Å². The number of carbonyl (C=O) groups excluding carboxylic acids is 1. The maximum atomic E-state index is 11.5. The summed E-state index contributed by atoms with van der Waals surface area (Å²) in [5, 5.41) is 9.20. The van der Waals surface area contributed by atoms with Gasteiger partial charge in [-0.1, -0.05) is 6.58 Å². The molecule has 0 aliphatic carbocycles. The molecule has 0 bridgehead atoms. The lowest BCUT2D eigenvalue weighted by atomic mass is 10.0. The molecule has 0 aromatic carbocycles. The predicted octanol–water partition coefficient (Wildman–Crippen LogP) is 0.577. The smallest absolute Gasteiger partial charge is 0.334 e. The summed E-state index contributed by atoms with van der Waals surface area (Å²) in [5.74, 6) is -0.359. The quantitative estimate of drug-likeness (QED) is 0.576. The van der Waals surface area contributed by atoms with E-state index in [0.717, 1.165) is 0 Å². The highest BCUT2D eigenvalue weighted by Gasteiger charge is 2.33. The van der Waals surface area contributed by atoms with Crippen molar-refractivity contribution in [3.8, 4) is 0 Å². The maximum absolute atomic E-state index is 11.5. The van der Waals surface area contributed by atoms with Gasteiger partial charge in [-0.3, -0.25) is 4.90 Å².